The summed E-state index contributed by atoms with van der Waals surface area (Å²) in [7, 11) is 0. The number of piperazine rings is 1. The first kappa shape index (κ1) is 19.7. The minimum atomic E-state index is -0.326. The van der Waals surface area contributed by atoms with Gasteiger partial charge in [0.05, 0.1) is 11.9 Å². The number of carbonyl (C=O) groups is 1. The highest BCUT2D eigenvalue weighted by molar-refractivity contribution is 5.89. The summed E-state index contributed by atoms with van der Waals surface area (Å²) >= 11 is 0. The maximum atomic E-state index is 13.0. The van der Waals surface area contributed by atoms with Gasteiger partial charge in [-0.05, 0) is 55.0 Å². The van der Waals surface area contributed by atoms with E-state index in [1.54, 1.807) is 23.2 Å². The van der Waals surface area contributed by atoms with Crippen LogP contribution in [-0.4, -0.2) is 42.1 Å². The molecule has 2 amide bonds. The molecule has 0 atom stereocenters. The molecule has 1 saturated heterocycles. The van der Waals surface area contributed by atoms with Crippen molar-refractivity contribution < 1.29 is 13.9 Å². The molecular formula is C23H23FN4O2. The summed E-state index contributed by atoms with van der Waals surface area (Å²) < 4.78 is 18.5. The molecule has 0 aliphatic carbocycles. The van der Waals surface area contributed by atoms with Crippen LogP contribution in [0.1, 0.15) is 5.56 Å². The third-order valence-electron chi connectivity index (χ3n) is 4.96. The number of nitrogens with zero attached hydrogens (tertiary/aromatic N) is 3. The number of pyridine rings is 1. The minimum absolute atomic E-state index is 0.145. The SMILES string of the molecule is Cc1cccc(N2CCN(C(=O)Nc3ccc(Oc4ccc(F)cc4)nc3)CC2)c1. The van der Waals surface area contributed by atoms with Crippen molar-refractivity contribution in [2.45, 2.75) is 6.92 Å². The second-order valence-corrected chi connectivity index (χ2v) is 7.18. The molecule has 2 aromatic carbocycles. The van der Waals surface area contributed by atoms with Crippen molar-refractivity contribution in [3.8, 4) is 11.6 Å². The molecule has 0 radical (unpaired) electrons. The van der Waals surface area contributed by atoms with Crippen LogP contribution in [0.3, 0.4) is 0 Å². The Morgan fingerprint density at radius 1 is 1.03 bits per heavy atom. The van der Waals surface area contributed by atoms with Gasteiger partial charge in [0.25, 0.3) is 0 Å². The average Bonchev–Trinajstić information content (AvgIpc) is 2.77. The van der Waals surface area contributed by atoms with E-state index in [-0.39, 0.29) is 11.8 Å². The van der Waals surface area contributed by atoms with E-state index < -0.39 is 0 Å². The number of nitrogens with one attached hydrogen (secondary N) is 1. The molecule has 6 nitrogen and oxygen atoms in total. The van der Waals surface area contributed by atoms with E-state index in [4.69, 9.17) is 4.74 Å². The summed E-state index contributed by atoms with van der Waals surface area (Å²) in [5, 5.41) is 2.87. The molecule has 30 heavy (non-hydrogen) atoms. The van der Waals surface area contributed by atoms with Gasteiger partial charge in [0.1, 0.15) is 11.6 Å². The van der Waals surface area contributed by atoms with Gasteiger partial charge in [0.2, 0.25) is 5.88 Å². The van der Waals surface area contributed by atoms with Crippen LogP contribution in [0.25, 0.3) is 0 Å². The highest BCUT2D eigenvalue weighted by atomic mass is 19.1. The van der Waals surface area contributed by atoms with E-state index in [2.05, 4.69) is 46.4 Å². The van der Waals surface area contributed by atoms with Crippen LogP contribution in [0.2, 0.25) is 0 Å². The van der Waals surface area contributed by atoms with Gasteiger partial charge < -0.3 is 19.9 Å². The zero-order valence-electron chi connectivity index (χ0n) is 16.7. The minimum Gasteiger partial charge on any atom is -0.439 e. The maximum Gasteiger partial charge on any atom is 0.322 e. The molecule has 1 aliphatic rings. The molecule has 1 N–H and O–H groups in total. The van der Waals surface area contributed by atoms with Gasteiger partial charge in [-0.25, -0.2) is 14.2 Å². The Labute approximate surface area is 174 Å². The number of hydrogen-bond donors (Lipinski definition) is 1. The number of halogens is 1. The number of hydrogen-bond acceptors (Lipinski definition) is 4. The third kappa shape index (κ3) is 4.86. The Morgan fingerprint density at radius 2 is 1.80 bits per heavy atom. The molecule has 154 valence electrons. The van der Waals surface area contributed by atoms with E-state index in [1.165, 1.54) is 35.5 Å². The Balaban J connectivity index is 1.29. The Hall–Kier alpha value is -3.61. The van der Waals surface area contributed by atoms with Crippen molar-refractivity contribution >= 4 is 17.4 Å². The van der Waals surface area contributed by atoms with Crippen LogP contribution in [0, 0.1) is 12.7 Å². The molecule has 2 heterocycles. The summed E-state index contributed by atoms with van der Waals surface area (Å²) in [6.45, 7) is 4.97. The molecule has 1 aromatic heterocycles. The number of rotatable bonds is 4. The number of benzene rings is 2. The lowest BCUT2D eigenvalue weighted by molar-refractivity contribution is 0.208. The fourth-order valence-corrected chi connectivity index (χ4v) is 3.33. The largest absolute Gasteiger partial charge is 0.439 e. The fraction of sp³-hybridized carbons (Fsp3) is 0.217. The molecule has 0 spiro atoms. The van der Waals surface area contributed by atoms with E-state index in [1.807, 2.05) is 0 Å². The molecule has 1 aliphatic heterocycles. The molecule has 3 aromatic rings. The number of anilines is 2. The summed E-state index contributed by atoms with van der Waals surface area (Å²) in [5.41, 5.74) is 3.01. The predicted molar refractivity (Wildman–Crippen MR) is 115 cm³/mol. The quantitative estimate of drug-likeness (QED) is 0.684. The molecule has 7 heteroatoms. The zero-order chi connectivity index (χ0) is 20.9. The zero-order valence-corrected chi connectivity index (χ0v) is 16.7. The van der Waals surface area contributed by atoms with Crippen molar-refractivity contribution in [2.24, 2.45) is 0 Å². The predicted octanol–water partition coefficient (Wildman–Crippen LogP) is 4.68. The van der Waals surface area contributed by atoms with Crippen LogP contribution < -0.4 is 15.0 Å². The van der Waals surface area contributed by atoms with Crippen LogP contribution in [0.5, 0.6) is 11.6 Å². The lowest BCUT2D eigenvalue weighted by Gasteiger charge is -2.36. The number of aryl methyl sites for hydroxylation is 1. The second kappa shape index (κ2) is 8.82. The van der Waals surface area contributed by atoms with E-state index in [0.29, 0.717) is 30.4 Å². The Kier molecular flexibility index (Phi) is 5.79. The fourth-order valence-electron chi connectivity index (χ4n) is 3.33. The number of ether oxygens (including phenoxy) is 1. The lowest BCUT2D eigenvalue weighted by Crippen LogP contribution is -2.50. The maximum absolute atomic E-state index is 13.0. The van der Waals surface area contributed by atoms with Crippen molar-refractivity contribution in [2.75, 3.05) is 36.4 Å². The van der Waals surface area contributed by atoms with Gasteiger partial charge in [-0.1, -0.05) is 12.1 Å². The highest BCUT2D eigenvalue weighted by Gasteiger charge is 2.21. The first-order chi connectivity index (χ1) is 14.6. The first-order valence-corrected chi connectivity index (χ1v) is 9.84. The highest BCUT2D eigenvalue weighted by Crippen LogP contribution is 2.21. The van der Waals surface area contributed by atoms with Gasteiger partial charge >= 0.3 is 6.03 Å². The van der Waals surface area contributed by atoms with Crippen LogP contribution >= 0.6 is 0 Å². The summed E-state index contributed by atoms with van der Waals surface area (Å²) in [6, 6.07) is 17.4. The van der Waals surface area contributed by atoms with Crippen LogP contribution in [0.15, 0.2) is 66.9 Å². The molecule has 0 unspecified atom stereocenters. The van der Waals surface area contributed by atoms with Crippen molar-refractivity contribution in [1.29, 1.82) is 0 Å². The van der Waals surface area contributed by atoms with Crippen LogP contribution in [-0.2, 0) is 0 Å². The molecule has 0 bridgehead atoms. The lowest BCUT2D eigenvalue weighted by atomic mass is 10.2. The number of carbonyl (C=O) groups excluding carboxylic acids is 1. The molecule has 1 fully saturated rings. The second-order valence-electron chi connectivity index (χ2n) is 7.18. The molecule has 0 saturated carbocycles. The van der Waals surface area contributed by atoms with Gasteiger partial charge in [-0.15, -0.1) is 0 Å². The topological polar surface area (TPSA) is 57.7 Å². The van der Waals surface area contributed by atoms with Crippen LogP contribution in [0.4, 0.5) is 20.6 Å². The van der Waals surface area contributed by atoms with Gasteiger partial charge in [-0.3, -0.25) is 0 Å². The smallest absolute Gasteiger partial charge is 0.322 e. The third-order valence-corrected chi connectivity index (χ3v) is 4.96. The van der Waals surface area contributed by atoms with E-state index >= 15 is 0 Å². The normalized spacial score (nSPS) is 13.8. The Bertz CT molecular complexity index is 1000. The molecular weight excluding hydrogens is 383 g/mol. The Morgan fingerprint density at radius 3 is 2.47 bits per heavy atom. The standard InChI is InChI=1S/C23H23FN4O2/c1-17-3-2-4-20(15-17)27-11-13-28(14-12-27)23(29)26-19-7-10-22(25-16-19)30-21-8-5-18(24)6-9-21/h2-10,15-16H,11-14H2,1H3,(H,26,29). The summed E-state index contributed by atoms with van der Waals surface area (Å²) in [6.07, 6.45) is 1.54. The number of aromatic nitrogens is 1. The number of urea groups is 1. The number of amides is 2. The van der Waals surface area contributed by atoms with Gasteiger partial charge in [-0.2, -0.15) is 0 Å². The van der Waals surface area contributed by atoms with Gasteiger partial charge in [0.15, 0.2) is 0 Å². The first-order valence-electron chi connectivity index (χ1n) is 9.84. The van der Waals surface area contributed by atoms with Crippen molar-refractivity contribution in [3.63, 3.8) is 0 Å². The molecule has 4 rings (SSSR count). The monoisotopic (exact) mass is 406 g/mol. The average molecular weight is 406 g/mol. The van der Waals surface area contributed by atoms with E-state index in [0.717, 1.165) is 13.1 Å². The van der Waals surface area contributed by atoms with Gasteiger partial charge in [0, 0.05) is 37.9 Å². The van der Waals surface area contributed by atoms with Crippen molar-refractivity contribution in [3.05, 3.63) is 78.2 Å². The van der Waals surface area contributed by atoms with Crippen molar-refractivity contribution in [1.82, 2.24) is 9.88 Å². The van der Waals surface area contributed by atoms with E-state index in [9.17, 15) is 9.18 Å². The summed E-state index contributed by atoms with van der Waals surface area (Å²) in [4.78, 5) is 20.9. The summed E-state index contributed by atoms with van der Waals surface area (Å²) in [5.74, 6) is 0.534.